The maximum Gasteiger partial charge on any atom is 0.255 e. The third kappa shape index (κ3) is 5.60. The van der Waals surface area contributed by atoms with Crippen LogP contribution in [0.2, 0.25) is 0 Å². The molecule has 1 heterocycles. The molecule has 0 aliphatic carbocycles. The summed E-state index contributed by atoms with van der Waals surface area (Å²) in [5.74, 6) is 1.07. The lowest BCUT2D eigenvalue weighted by molar-refractivity contribution is -0.120. The van der Waals surface area contributed by atoms with Crippen LogP contribution in [0.25, 0.3) is 6.08 Å². The van der Waals surface area contributed by atoms with Crippen LogP contribution in [0.4, 0.5) is 0 Å². The van der Waals surface area contributed by atoms with Gasteiger partial charge in [0.2, 0.25) is 5.91 Å². The Balaban J connectivity index is 1.44. The zero-order valence-corrected chi connectivity index (χ0v) is 14.9. The molecule has 3 N–H and O–H groups in total. The van der Waals surface area contributed by atoms with Gasteiger partial charge >= 0.3 is 0 Å². The average Bonchev–Trinajstić information content (AvgIpc) is 2.69. The van der Waals surface area contributed by atoms with Gasteiger partial charge in [0.15, 0.2) is 6.61 Å². The second kappa shape index (κ2) is 8.89. The fraction of sp³-hybridized carbons (Fsp3) is 0.238. The van der Waals surface area contributed by atoms with Gasteiger partial charge in [-0.3, -0.25) is 9.59 Å². The lowest BCUT2D eigenvalue weighted by Crippen LogP contribution is -2.33. The summed E-state index contributed by atoms with van der Waals surface area (Å²) in [5, 5.41) is 2.92. The lowest BCUT2D eigenvalue weighted by atomic mass is 9.97. The van der Waals surface area contributed by atoms with Crippen molar-refractivity contribution in [3.05, 3.63) is 65.7 Å². The minimum absolute atomic E-state index is 0.150. The molecule has 3 rings (SSSR count). The number of fused-ring (bicyclic) bond motifs is 1. The van der Waals surface area contributed by atoms with Crippen LogP contribution in [0.3, 0.4) is 0 Å². The molecule has 2 aromatic carbocycles. The Kier molecular flexibility index (Phi) is 6.10. The number of carbonyl (C=O) groups is 2. The van der Waals surface area contributed by atoms with Gasteiger partial charge in [-0.15, -0.1) is 0 Å². The normalized spacial score (nSPS) is 15.6. The van der Waals surface area contributed by atoms with Crippen LogP contribution in [0.15, 0.2) is 54.6 Å². The number of rotatable bonds is 7. The van der Waals surface area contributed by atoms with E-state index < -0.39 is 5.91 Å². The van der Waals surface area contributed by atoms with Crippen molar-refractivity contribution in [3.63, 3.8) is 0 Å². The molecule has 1 aliphatic rings. The number of ether oxygens (including phenoxy) is 2. The van der Waals surface area contributed by atoms with Crippen molar-refractivity contribution >= 4 is 17.9 Å². The summed E-state index contributed by atoms with van der Waals surface area (Å²) in [7, 11) is 0. The number of nitrogens with two attached hydrogens (primary N) is 1. The molecule has 0 spiro atoms. The molecule has 0 saturated heterocycles. The number of primary amides is 1. The molecule has 1 unspecified atom stereocenters. The highest BCUT2D eigenvalue weighted by Crippen LogP contribution is 2.26. The number of hydrogen-bond donors (Lipinski definition) is 2. The second-order valence-electron chi connectivity index (χ2n) is 6.39. The number of para-hydroxylation sites is 1. The first-order valence-electron chi connectivity index (χ1n) is 8.78. The number of carbonyl (C=O) groups excluding carboxylic acids is 2. The zero-order valence-electron chi connectivity index (χ0n) is 14.9. The lowest BCUT2D eigenvalue weighted by Gasteiger charge is -2.25. The van der Waals surface area contributed by atoms with Gasteiger partial charge in [-0.2, -0.15) is 0 Å². The minimum Gasteiger partial charge on any atom is -0.493 e. The number of benzene rings is 2. The fourth-order valence-corrected chi connectivity index (χ4v) is 2.83. The highest BCUT2D eigenvalue weighted by Gasteiger charge is 2.19. The zero-order chi connectivity index (χ0) is 19.1. The van der Waals surface area contributed by atoms with E-state index in [0.717, 1.165) is 17.7 Å². The molecule has 2 aromatic rings. The van der Waals surface area contributed by atoms with Crippen molar-refractivity contribution < 1.29 is 19.1 Å². The van der Waals surface area contributed by atoms with E-state index in [4.69, 9.17) is 15.2 Å². The Bertz CT molecular complexity index is 830. The third-order valence-electron chi connectivity index (χ3n) is 4.21. The largest absolute Gasteiger partial charge is 0.493 e. The fourth-order valence-electron chi connectivity index (χ4n) is 2.83. The molecule has 6 nitrogen and oxygen atoms in total. The van der Waals surface area contributed by atoms with E-state index in [-0.39, 0.29) is 18.4 Å². The van der Waals surface area contributed by atoms with Crippen molar-refractivity contribution in [1.82, 2.24) is 5.32 Å². The topological polar surface area (TPSA) is 90.7 Å². The Hall–Kier alpha value is -3.28. The molecule has 0 saturated carbocycles. The predicted molar refractivity (Wildman–Crippen MR) is 102 cm³/mol. The van der Waals surface area contributed by atoms with Gasteiger partial charge in [-0.05, 0) is 41.8 Å². The summed E-state index contributed by atoms with van der Waals surface area (Å²) in [4.78, 5) is 22.7. The number of amides is 2. The summed E-state index contributed by atoms with van der Waals surface area (Å²) >= 11 is 0. The summed E-state index contributed by atoms with van der Waals surface area (Å²) < 4.78 is 10.9. The van der Waals surface area contributed by atoms with Gasteiger partial charge in [-0.1, -0.05) is 30.3 Å². The maximum atomic E-state index is 12.0. The van der Waals surface area contributed by atoms with Crippen LogP contribution in [0.1, 0.15) is 11.1 Å². The molecular formula is C21H22N2O4. The molecule has 0 fully saturated rings. The number of nitrogens with one attached hydrogen (secondary N) is 1. The second-order valence-corrected chi connectivity index (χ2v) is 6.39. The molecule has 0 radical (unpaired) electrons. The first-order chi connectivity index (χ1) is 13.1. The Morgan fingerprint density at radius 1 is 1.19 bits per heavy atom. The van der Waals surface area contributed by atoms with Crippen LogP contribution in [0.5, 0.6) is 11.5 Å². The van der Waals surface area contributed by atoms with Gasteiger partial charge in [0.25, 0.3) is 5.91 Å². The molecule has 0 aromatic heterocycles. The first-order valence-corrected chi connectivity index (χ1v) is 8.78. The molecule has 0 bridgehead atoms. The molecular weight excluding hydrogens is 344 g/mol. The van der Waals surface area contributed by atoms with Gasteiger partial charge in [0.1, 0.15) is 11.5 Å². The summed E-state index contributed by atoms with van der Waals surface area (Å²) in [6.07, 6.45) is 4.11. The van der Waals surface area contributed by atoms with Crippen molar-refractivity contribution in [3.8, 4) is 11.5 Å². The number of hydrogen-bond acceptors (Lipinski definition) is 4. The van der Waals surface area contributed by atoms with Crippen LogP contribution in [-0.2, 0) is 16.0 Å². The van der Waals surface area contributed by atoms with Gasteiger partial charge < -0.3 is 20.5 Å². The highest BCUT2D eigenvalue weighted by atomic mass is 16.5. The smallest absolute Gasteiger partial charge is 0.255 e. The summed E-state index contributed by atoms with van der Waals surface area (Å²) in [6, 6.07) is 15.0. The van der Waals surface area contributed by atoms with Crippen LogP contribution in [0, 0.1) is 5.92 Å². The van der Waals surface area contributed by atoms with E-state index in [1.807, 2.05) is 18.2 Å². The predicted octanol–water partition coefficient (Wildman–Crippen LogP) is 1.93. The van der Waals surface area contributed by atoms with E-state index >= 15 is 0 Å². The molecule has 140 valence electrons. The van der Waals surface area contributed by atoms with Gasteiger partial charge in [-0.25, -0.2) is 0 Å². The molecule has 27 heavy (non-hydrogen) atoms. The molecule has 1 aliphatic heterocycles. The molecule has 1 atom stereocenters. The average molecular weight is 366 g/mol. The Morgan fingerprint density at radius 3 is 2.74 bits per heavy atom. The van der Waals surface area contributed by atoms with Crippen LogP contribution >= 0.6 is 0 Å². The molecule has 6 heteroatoms. The van der Waals surface area contributed by atoms with E-state index in [0.29, 0.717) is 18.9 Å². The van der Waals surface area contributed by atoms with E-state index in [1.165, 1.54) is 11.6 Å². The molecule has 2 amide bonds. The van der Waals surface area contributed by atoms with Crippen LogP contribution in [-0.4, -0.2) is 31.6 Å². The van der Waals surface area contributed by atoms with Crippen molar-refractivity contribution in [2.75, 3.05) is 19.8 Å². The van der Waals surface area contributed by atoms with Crippen molar-refractivity contribution in [2.24, 2.45) is 11.7 Å². The van der Waals surface area contributed by atoms with Gasteiger partial charge in [0, 0.05) is 18.5 Å². The maximum absolute atomic E-state index is 12.0. The standard InChI is InChI=1S/C21H22N2O4/c22-20(24)14-26-18-8-5-15(6-9-18)7-10-21(25)23-12-16-11-17-3-1-2-4-19(17)27-13-16/h1-10,16H,11-14H2,(H2,22,24)(H,23,25)/b10-7+. The Morgan fingerprint density at radius 2 is 1.96 bits per heavy atom. The third-order valence-corrected chi connectivity index (χ3v) is 4.21. The quantitative estimate of drug-likeness (QED) is 0.733. The van der Waals surface area contributed by atoms with Crippen molar-refractivity contribution in [1.29, 1.82) is 0 Å². The van der Waals surface area contributed by atoms with E-state index in [9.17, 15) is 9.59 Å². The van der Waals surface area contributed by atoms with Gasteiger partial charge in [0.05, 0.1) is 6.61 Å². The summed E-state index contributed by atoms with van der Waals surface area (Å²) in [6.45, 7) is 1.01. The highest BCUT2D eigenvalue weighted by molar-refractivity contribution is 5.91. The Labute approximate surface area is 158 Å². The van der Waals surface area contributed by atoms with E-state index in [2.05, 4.69) is 11.4 Å². The SMILES string of the molecule is NC(=O)COc1ccc(/C=C/C(=O)NCC2COc3ccccc3C2)cc1. The van der Waals surface area contributed by atoms with Crippen molar-refractivity contribution in [2.45, 2.75) is 6.42 Å². The monoisotopic (exact) mass is 366 g/mol. The van der Waals surface area contributed by atoms with E-state index in [1.54, 1.807) is 30.3 Å². The minimum atomic E-state index is -0.525. The first kappa shape index (κ1) is 18.5. The summed E-state index contributed by atoms with van der Waals surface area (Å²) in [5.41, 5.74) is 7.06. The van der Waals surface area contributed by atoms with Crippen LogP contribution < -0.4 is 20.5 Å².